The molecule has 3 unspecified atom stereocenters. The highest BCUT2D eigenvalue weighted by Gasteiger charge is 2.58. The quantitative estimate of drug-likeness (QED) is 0.172. The minimum Gasteiger partial charge on any atom is -0.396 e. The fourth-order valence-electron chi connectivity index (χ4n) is 7.28. The van der Waals surface area contributed by atoms with Gasteiger partial charge in [0, 0.05) is 25.3 Å². The molecule has 4 saturated heterocycles. The van der Waals surface area contributed by atoms with Gasteiger partial charge in [-0.2, -0.15) is 0 Å². The van der Waals surface area contributed by atoms with E-state index in [-0.39, 0.29) is 61.9 Å². The molecule has 0 aliphatic carbocycles. The van der Waals surface area contributed by atoms with Gasteiger partial charge in [0.05, 0.1) is 13.2 Å². The van der Waals surface area contributed by atoms with Crippen molar-refractivity contribution in [3.8, 4) is 0 Å². The van der Waals surface area contributed by atoms with Gasteiger partial charge in [0.2, 0.25) is 0 Å². The fraction of sp³-hybridized carbons (Fsp3) is 0.676. The molecule has 0 saturated carbocycles. The predicted molar refractivity (Wildman–Crippen MR) is 179 cm³/mol. The average Bonchev–Trinajstić information content (AvgIpc) is 3.77. The van der Waals surface area contributed by atoms with Crippen LogP contribution in [-0.4, -0.2) is 109 Å². The molecule has 4 heterocycles. The summed E-state index contributed by atoms with van der Waals surface area (Å²) in [6, 6.07) is 19.6. The van der Waals surface area contributed by atoms with Crippen LogP contribution in [0.15, 0.2) is 60.7 Å². The van der Waals surface area contributed by atoms with Crippen LogP contribution < -0.4 is 10.6 Å². The summed E-state index contributed by atoms with van der Waals surface area (Å²) in [6.45, 7) is 9.62. The van der Waals surface area contributed by atoms with Gasteiger partial charge in [-0.05, 0) is 71.2 Å². The van der Waals surface area contributed by atoms with Gasteiger partial charge in [-0.15, -0.1) is 0 Å². The Hall–Kier alpha value is -2.04. The Balaban J connectivity index is 1.04. The van der Waals surface area contributed by atoms with Crippen molar-refractivity contribution < 1.29 is 48.1 Å². The molecule has 272 valence electrons. The van der Waals surface area contributed by atoms with E-state index in [1.807, 2.05) is 88.4 Å². The molecular formula is C37H54N2O10. The van der Waals surface area contributed by atoms with E-state index in [0.29, 0.717) is 39.1 Å². The lowest BCUT2D eigenvalue weighted by Gasteiger charge is -2.32. The van der Waals surface area contributed by atoms with Crippen LogP contribution in [0.2, 0.25) is 0 Å². The van der Waals surface area contributed by atoms with E-state index in [2.05, 4.69) is 10.6 Å². The van der Waals surface area contributed by atoms with Crippen LogP contribution in [0.4, 0.5) is 0 Å². The first-order valence-corrected chi connectivity index (χ1v) is 17.7. The monoisotopic (exact) mass is 686 g/mol. The number of benzene rings is 2. The van der Waals surface area contributed by atoms with E-state index in [4.69, 9.17) is 37.9 Å². The van der Waals surface area contributed by atoms with Gasteiger partial charge in [-0.3, -0.25) is 0 Å². The van der Waals surface area contributed by atoms with E-state index >= 15 is 0 Å². The molecule has 2 aromatic carbocycles. The Labute approximate surface area is 289 Å². The zero-order chi connectivity index (χ0) is 34.4. The lowest BCUT2D eigenvalue weighted by Crippen LogP contribution is -2.51. The number of hydrogen-bond acceptors (Lipinski definition) is 12. The third kappa shape index (κ3) is 9.26. The molecule has 0 aromatic heterocycles. The fourth-order valence-corrected chi connectivity index (χ4v) is 7.28. The third-order valence-electron chi connectivity index (χ3n) is 9.46. The van der Waals surface area contributed by atoms with Crippen LogP contribution >= 0.6 is 0 Å². The van der Waals surface area contributed by atoms with Crippen molar-refractivity contribution >= 4 is 0 Å². The van der Waals surface area contributed by atoms with E-state index in [1.165, 1.54) is 0 Å². The summed E-state index contributed by atoms with van der Waals surface area (Å²) in [5.41, 5.74) is 2.12. The van der Waals surface area contributed by atoms with Gasteiger partial charge in [0.25, 0.3) is 0 Å². The molecule has 4 N–H and O–H groups in total. The zero-order valence-corrected chi connectivity index (χ0v) is 29.1. The zero-order valence-electron chi connectivity index (χ0n) is 29.1. The maximum absolute atomic E-state index is 9.99. The molecule has 0 radical (unpaired) electrons. The normalized spacial score (nSPS) is 32.6. The van der Waals surface area contributed by atoms with Crippen LogP contribution in [0.25, 0.3) is 0 Å². The summed E-state index contributed by atoms with van der Waals surface area (Å²) in [5.74, 6) is -1.54. The molecule has 10 atom stereocenters. The van der Waals surface area contributed by atoms with Crippen molar-refractivity contribution in [3.63, 3.8) is 0 Å². The smallest absolute Gasteiger partial charge is 0.190 e. The van der Waals surface area contributed by atoms with Crippen LogP contribution in [0.3, 0.4) is 0 Å². The Bertz CT molecular complexity index is 1190. The molecule has 0 bridgehead atoms. The Kier molecular flexibility index (Phi) is 12.4. The SMILES string of the molecule is CC1(C)O[C@H]2OC(C(CCO)NCCCN[C@@H](CCO)C3O[C@@H]4OC(C)(C)O[C@@H]4[C@H]3OCc3ccccc3)[C@H](OCc3ccccc3)[C@H]2O1. The van der Waals surface area contributed by atoms with Crippen molar-refractivity contribution in [1.29, 1.82) is 0 Å². The molecule has 12 nitrogen and oxygen atoms in total. The van der Waals surface area contributed by atoms with E-state index < -0.39 is 24.2 Å². The summed E-state index contributed by atoms with van der Waals surface area (Å²) in [7, 11) is 0. The highest BCUT2D eigenvalue weighted by atomic mass is 16.9. The number of aliphatic hydroxyl groups excluding tert-OH is 2. The predicted octanol–water partition coefficient (Wildman–Crippen LogP) is 2.98. The number of nitrogens with one attached hydrogen (secondary N) is 2. The van der Waals surface area contributed by atoms with Gasteiger partial charge in [-0.1, -0.05) is 60.7 Å². The number of aliphatic hydroxyl groups is 2. The van der Waals surface area contributed by atoms with Crippen LogP contribution in [0.1, 0.15) is 58.1 Å². The molecule has 0 amide bonds. The maximum Gasteiger partial charge on any atom is 0.190 e. The largest absolute Gasteiger partial charge is 0.396 e. The van der Waals surface area contributed by atoms with Crippen LogP contribution in [0, 0.1) is 0 Å². The highest BCUT2D eigenvalue weighted by molar-refractivity contribution is 5.15. The molecule has 4 aliphatic rings. The van der Waals surface area contributed by atoms with Crippen molar-refractivity contribution in [3.05, 3.63) is 71.8 Å². The number of ether oxygens (including phenoxy) is 8. The summed E-state index contributed by atoms with van der Waals surface area (Å²) in [4.78, 5) is 0. The summed E-state index contributed by atoms with van der Waals surface area (Å²) < 4.78 is 50.3. The van der Waals surface area contributed by atoms with Gasteiger partial charge in [-0.25, -0.2) is 0 Å². The minimum absolute atomic E-state index is 0.00499. The number of fused-ring (bicyclic) bond motifs is 2. The minimum atomic E-state index is -0.771. The third-order valence-corrected chi connectivity index (χ3v) is 9.46. The van der Waals surface area contributed by atoms with Crippen molar-refractivity contribution in [2.24, 2.45) is 0 Å². The molecule has 12 heteroatoms. The van der Waals surface area contributed by atoms with E-state index in [1.54, 1.807) is 0 Å². The first kappa shape index (κ1) is 36.7. The topological polar surface area (TPSA) is 138 Å². The van der Waals surface area contributed by atoms with Crippen molar-refractivity contribution in [1.82, 2.24) is 10.6 Å². The molecule has 2 aromatic rings. The lowest BCUT2D eigenvalue weighted by molar-refractivity contribution is -0.223. The van der Waals surface area contributed by atoms with Crippen LogP contribution in [-0.2, 0) is 51.1 Å². The van der Waals surface area contributed by atoms with E-state index in [0.717, 1.165) is 17.5 Å². The molecule has 4 aliphatic heterocycles. The van der Waals surface area contributed by atoms with Crippen molar-refractivity contribution in [2.75, 3.05) is 26.3 Å². The van der Waals surface area contributed by atoms with E-state index in [9.17, 15) is 10.2 Å². The number of rotatable bonds is 18. The Morgan fingerprint density at radius 3 is 1.43 bits per heavy atom. The standard InChI is InChI=1S/C37H54N2O10/c1-36(2)46-32-30(42-22-24-12-7-5-8-13-24)28(44-34(32)48-36)26(16-20-40)38-18-11-19-39-27(17-21-41)29-31(43-23-25-14-9-6-10-15-25)33-35(45-29)49-37(3,4)47-33/h5-10,12-15,26-35,38-41H,11,16-23H2,1-4H3/t26-,27?,28?,29?,30-,31-,32+,33+,34+,35+/m0/s1. The molecular weight excluding hydrogens is 632 g/mol. The first-order chi connectivity index (χ1) is 23.7. The second kappa shape index (κ2) is 16.5. The van der Waals surface area contributed by atoms with Gasteiger partial charge < -0.3 is 58.7 Å². The van der Waals surface area contributed by atoms with Crippen molar-refractivity contribution in [2.45, 2.75) is 133 Å². The summed E-state index contributed by atoms with van der Waals surface area (Å²) in [6.07, 6.45) is -1.66. The second-order valence-corrected chi connectivity index (χ2v) is 14.2. The average molecular weight is 687 g/mol. The van der Waals surface area contributed by atoms with Crippen LogP contribution in [0.5, 0.6) is 0 Å². The maximum atomic E-state index is 9.99. The number of hydrogen-bond donors (Lipinski definition) is 4. The van der Waals surface area contributed by atoms with Gasteiger partial charge in [0.1, 0.15) is 36.6 Å². The second-order valence-electron chi connectivity index (χ2n) is 14.2. The Morgan fingerprint density at radius 1 is 0.633 bits per heavy atom. The molecule has 0 spiro atoms. The van der Waals surface area contributed by atoms with Gasteiger partial charge in [0.15, 0.2) is 24.2 Å². The lowest BCUT2D eigenvalue weighted by atomic mass is 10.00. The summed E-state index contributed by atoms with van der Waals surface area (Å²) in [5, 5.41) is 27.2. The first-order valence-electron chi connectivity index (χ1n) is 17.7. The molecule has 6 rings (SSSR count). The Morgan fingerprint density at radius 2 is 1.04 bits per heavy atom. The van der Waals surface area contributed by atoms with Gasteiger partial charge >= 0.3 is 0 Å². The molecule has 4 fully saturated rings. The summed E-state index contributed by atoms with van der Waals surface area (Å²) >= 11 is 0. The highest BCUT2D eigenvalue weighted by Crippen LogP contribution is 2.41. The molecule has 49 heavy (non-hydrogen) atoms.